The maximum atomic E-state index is 11.9. The van der Waals surface area contributed by atoms with Crippen LogP contribution in [0, 0.1) is 0 Å². The van der Waals surface area contributed by atoms with E-state index in [9.17, 15) is 9.59 Å². The van der Waals surface area contributed by atoms with Gasteiger partial charge >= 0.3 is 0 Å². The van der Waals surface area contributed by atoms with Crippen molar-refractivity contribution in [2.75, 3.05) is 13.1 Å². The van der Waals surface area contributed by atoms with Crippen molar-refractivity contribution in [2.24, 2.45) is 0 Å². The average Bonchev–Trinajstić information content (AvgIpc) is 2.89. The summed E-state index contributed by atoms with van der Waals surface area (Å²) in [4.78, 5) is 24.3. The predicted molar refractivity (Wildman–Crippen MR) is 90.8 cm³/mol. The third-order valence-electron chi connectivity index (χ3n) is 2.61. The molecule has 0 aliphatic heterocycles. The van der Waals surface area contributed by atoms with Crippen molar-refractivity contribution < 1.29 is 9.59 Å². The molecule has 1 aromatic heterocycles. The Bertz CT molecular complexity index is 658. The molecular weight excluding hydrogens is 420 g/mol. The average molecular weight is 432 g/mol. The zero-order valence-electron chi connectivity index (χ0n) is 10.9. The number of halogens is 2. The third kappa shape index (κ3) is 4.66. The van der Waals surface area contributed by atoms with E-state index in [0.717, 1.165) is 8.95 Å². The van der Waals surface area contributed by atoms with Gasteiger partial charge in [-0.1, -0.05) is 22.0 Å². The highest BCUT2D eigenvalue weighted by Crippen LogP contribution is 2.22. The molecule has 0 unspecified atom stereocenters. The van der Waals surface area contributed by atoms with Crippen LogP contribution in [0.15, 0.2) is 44.7 Å². The second kappa shape index (κ2) is 7.72. The first kappa shape index (κ1) is 16.2. The van der Waals surface area contributed by atoms with E-state index in [1.807, 2.05) is 17.5 Å². The fourth-order valence-corrected chi connectivity index (χ4v) is 3.49. The quantitative estimate of drug-likeness (QED) is 0.712. The molecule has 0 aliphatic carbocycles. The minimum Gasteiger partial charge on any atom is -0.350 e. The molecule has 21 heavy (non-hydrogen) atoms. The Hall–Kier alpha value is -1.18. The van der Waals surface area contributed by atoms with E-state index in [-0.39, 0.29) is 11.8 Å². The van der Waals surface area contributed by atoms with Crippen LogP contribution in [0.1, 0.15) is 20.0 Å². The summed E-state index contributed by atoms with van der Waals surface area (Å²) in [5.74, 6) is -0.309. The first-order valence-corrected chi connectivity index (χ1v) is 8.59. The summed E-state index contributed by atoms with van der Waals surface area (Å²) in [6.45, 7) is 0.753. The van der Waals surface area contributed by atoms with Crippen molar-refractivity contribution in [3.63, 3.8) is 0 Å². The van der Waals surface area contributed by atoms with E-state index >= 15 is 0 Å². The number of amides is 2. The minimum absolute atomic E-state index is 0.145. The molecule has 0 atom stereocenters. The molecule has 0 aliphatic rings. The van der Waals surface area contributed by atoms with Crippen LogP contribution >= 0.6 is 43.2 Å². The summed E-state index contributed by atoms with van der Waals surface area (Å²) in [6, 6.07) is 8.97. The highest BCUT2D eigenvalue weighted by Gasteiger charge is 2.11. The van der Waals surface area contributed by atoms with Gasteiger partial charge in [-0.25, -0.2) is 0 Å². The van der Waals surface area contributed by atoms with Gasteiger partial charge in [0.05, 0.1) is 0 Å². The van der Waals surface area contributed by atoms with Gasteiger partial charge in [0, 0.05) is 27.6 Å². The largest absolute Gasteiger partial charge is 0.350 e. The van der Waals surface area contributed by atoms with Gasteiger partial charge in [-0.3, -0.25) is 9.59 Å². The Morgan fingerprint density at radius 1 is 1.05 bits per heavy atom. The van der Waals surface area contributed by atoms with Gasteiger partial charge in [0.15, 0.2) is 0 Å². The molecule has 0 fully saturated rings. The van der Waals surface area contributed by atoms with Gasteiger partial charge in [0.2, 0.25) is 0 Å². The fourth-order valence-electron chi connectivity index (χ4n) is 1.62. The molecule has 1 aromatic carbocycles. The molecule has 0 bridgehead atoms. The maximum Gasteiger partial charge on any atom is 0.262 e. The molecule has 0 saturated heterocycles. The summed E-state index contributed by atoms with van der Waals surface area (Å²) >= 11 is 8.00. The normalized spacial score (nSPS) is 10.2. The Balaban J connectivity index is 1.76. The Labute approximate surface area is 143 Å². The molecule has 2 amide bonds. The first-order chi connectivity index (χ1) is 10.1. The molecule has 4 nitrogen and oxygen atoms in total. The van der Waals surface area contributed by atoms with Gasteiger partial charge < -0.3 is 10.6 Å². The summed E-state index contributed by atoms with van der Waals surface area (Å²) in [5.41, 5.74) is 0.580. The highest BCUT2D eigenvalue weighted by molar-refractivity contribution is 9.10. The monoisotopic (exact) mass is 430 g/mol. The van der Waals surface area contributed by atoms with Crippen LogP contribution in [0.25, 0.3) is 0 Å². The SMILES string of the molecule is O=C(NCCNC(=O)c1sccc1Br)c1cccc(Br)c1. The van der Waals surface area contributed by atoms with Crippen molar-refractivity contribution in [3.05, 3.63) is 55.1 Å². The zero-order valence-corrected chi connectivity index (χ0v) is 14.8. The Morgan fingerprint density at radius 3 is 2.38 bits per heavy atom. The summed E-state index contributed by atoms with van der Waals surface area (Å²) < 4.78 is 1.63. The minimum atomic E-state index is -0.164. The van der Waals surface area contributed by atoms with Crippen LogP contribution in [0.2, 0.25) is 0 Å². The number of carbonyl (C=O) groups is 2. The predicted octanol–water partition coefficient (Wildman–Crippen LogP) is 3.43. The molecule has 110 valence electrons. The molecule has 2 aromatic rings. The first-order valence-electron chi connectivity index (χ1n) is 6.13. The lowest BCUT2D eigenvalue weighted by Crippen LogP contribution is -2.34. The van der Waals surface area contributed by atoms with Crippen molar-refractivity contribution in [3.8, 4) is 0 Å². The standard InChI is InChI=1S/C14H12Br2N2O2S/c15-10-3-1-2-9(8-10)13(19)17-5-6-18-14(20)12-11(16)4-7-21-12/h1-4,7-8H,5-6H2,(H,17,19)(H,18,20). The van der Waals surface area contributed by atoms with Crippen LogP contribution in [0.3, 0.4) is 0 Å². The van der Waals surface area contributed by atoms with Gasteiger partial charge in [-0.05, 0) is 45.6 Å². The smallest absolute Gasteiger partial charge is 0.262 e. The van der Waals surface area contributed by atoms with Gasteiger partial charge in [-0.15, -0.1) is 11.3 Å². The van der Waals surface area contributed by atoms with Crippen LogP contribution < -0.4 is 10.6 Å². The number of hydrogen-bond acceptors (Lipinski definition) is 3. The van der Waals surface area contributed by atoms with E-state index in [2.05, 4.69) is 42.5 Å². The number of hydrogen-bond donors (Lipinski definition) is 2. The summed E-state index contributed by atoms with van der Waals surface area (Å²) in [5, 5.41) is 7.36. The van der Waals surface area contributed by atoms with Crippen LogP contribution in [-0.4, -0.2) is 24.9 Å². The van der Waals surface area contributed by atoms with Gasteiger partial charge in [-0.2, -0.15) is 0 Å². The van der Waals surface area contributed by atoms with E-state index in [1.165, 1.54) is 11.3 Å². The fraction of sp³-hybridized carbons (Fsp3) is 0.143. The third-order valence-corrected chi connectivity index (χ3v) is 4.94. The molecule has 7 heteroatoms. The molecule has 0 radical (unpaired) electrons. The Morgan fingerprint density at radius 2 is 1.76 bits per heavy atom. The summed E-state index contributed by atoms with van der Waals surface area (Å²) in [6.07, 6.45) is 0. The molecule has 0 spiro atoms. The van der Waals surface area contributed by atoms with E-state index < -0.39 is 0 Å². The maximum absolute atomic E-state index is 11.9. The van der Waals surface area contributed by atoms with Crippen LogP contribution in [0.5, 0.6) is 0 Å². The number of nitrogens with one attached hydrogen (secondary N) is 2. The lowest BCUT2D eigenvalue weighted by atomic mass is 10.2. The number of carbonyl (C=O) groups excluding carboxylic acids is 2. The molecule has 1 heterocycles. The molecule has 2 N–H and O–H groups in total. The van der Waals surface area contributed by atoms with E-state index in [1.54, 1.807) is 18.2 Å². The van der Waals surface area contributed by atoms with Crippen LogP contribution in [-0.2, 0) is 0 Å². The lowest BCUT2D eigenvalue weighted by molar-refractivity contribution is 0.0929. The van der Waals surface area contributed by atoms with E-state index in [4.69, 9.17) is 0 Å². The van der Waals surface area contributed by atoms with Crippen molar-refractivity contribution in [1.82, 2.24) is 10.6 Å². The van der Waals surface area contributed by atoms with E-state index in [0.29, 0.717) is 23.5 Å². The molecular formula is C14H12Br2N2O2S. The van der Waals surface area contributed by atoms with Crippen molar-refractivity contribution in [1.29, 1.82) is 0 Å². The molecule has 0 saturated carbocycles. The second-order valence-corrected chi connectivity index (χ2v) is 6.81. The van der Waals surface area contributed by atoms with Gasteiger partial charge in [0.25, 0.3) is 11.8 Å². The Kier molecular flexibility index (Phi) is 5.96. The van der Waals surface area contributed by atoms with Crippen molar-refractivity contribution >= 4 is 55.0 Å². The van der Waals surface area contributed by atoms with Crippen molar-refractivity contribution in [2.45, 2.75) is 0 Å². The lowest BCUT2D eigenvalue weighted by Gasteiger charge is -2.07. The number of thiophene rings is 1. The van der Waals surface area contributed by atoms with Crippen LogP contribution in [0.4, 0.5) is 0 Å². The second-order valence-electron chi connectivity index (χ2n) is 4.12. The summed E-state index contributed by atoms with van der Waals surface area (Å²) in [7, 11) is 0. The number of benzene rings is 1. The number of rotatable bonds is 5. The highest BCUT2D eigenvalue weighted by atomic mass is 79.9. The topological polar surface area (TPSA) is 58.2 Å². The zero-order chi connectivity index (χ0) is 15.2. The van der Waals surface area contributed by atoms with Gasteiger partial charge in [0.1, 0.15) is 4.88 Å². The molecule has 2 rings (SSSR count).